The SMILES string of the molecule is O=c1[nH]cnc2[nH]c(=O)n(-c3ccc(Br)cc3)c12. The third-order valence-electron chi connectivity index (χ3n) is 2.57. The molecule has 90 valence electrons. The van der Waals surface area contributed by atoms with Crippen molar-refractivity contribution in [2.45, 2.75) is 0 Å². The molecule has 0 radical (unpaired) electrons. The van der Waals surface area contributed by atoms with Crippen LogP contribution < -0.4 is 11.2 Å². The van der Waals surface area contributed by atoms with E-state index in [0.29, 0.717) is 5.69 Å². The number of nitrogens with zero attached hydrogens (tertiary/aromatic N) is 2. The van der Waals surface area contributed by atoms with Gasteiger partial charge in [0.2, 0.25) is 0 Å². The van der Waals surface area contributed by atoms with Gasteiger partial charge in [-0.1, -0.05) is 15.9 Å². The van der Waals surface area contributed by atoms with Crippen LogP contribution in [0.25, 0.3) is 16.9 Å². The van der Waals surface area contributed by atoms with Crippen molar-refractivity contribution in [2.24, 2.45) is 0 Å². The predicted molar refractivity (Wildman–Crippen MR) is 70.0 cm³/mol. The first-order valence-corrected chi connectivity index (χ1v) is 5.90. The largest absolute Gasteiger partial charge is 0.332 e. The van der Waals surface area contributed by atoms with E-state index in [0.717, 1.165) is 4.47 Å². The molecular weight excluding hydrogens is 300 g/mol. The van der Waals surface area contributed by atoms with E-state index in [2.05, 4.69) is 30.9 Å². The van der Waals surface area contributed by atoms with Crippen LogP contribution in [0.3, 0.4) is 0 Å². The van der Waals surface area contributed by atoms with Gasteiger partial charge in [-0.15, -0.1) is 0 Å². The summed E-state index contributed by atoms with van der Waals surface area (Å²) >= 11 is 3.32. The number of fused-ring (bicyclic) bond motifs is 1. The fourth-order valence-corrected chi connectivity index (χ4v) is 2.05. The van der Waals surface area contributed by atoms with Gasteiger partial charge in [-0.3, -0.25) is 14.3 Å². The quantitative estimate of drug-likeness (QED) is 0.708. The molecule has 0 aliphatic heterocycles. The van der Waals surface area contributed by atoms with E-state index in [4.69, 9.17) is 0 Å². The van der Waals surface area contributed by atoms with Gasteiger partial charge in [0.25, 0.3) is 5.56 Å². The molecule has 2 aromatic heterocycles. The lowest BCUT2D eigenvalue weighted by atomic mass is 10.3. The van der Waals surface area contributed by atoms with Crippen LogP contribution in [-0.2, 0) is 0 Å². The molecule has 0 saturated heterocycles. The average Bonchev–Trinajstić information content (AvgIpc) is 2.68. The monoisotopic (exact) mass is 306 g/mol. The van der Waals surface area contributed by atoms with Crippen LogP contribution in [0.1, 0.15) is 0 Å². The number of hydrogen-bond donors (Lipinski definition) is 2. The molecule has 0 aliphatic carbocycles. The first-order valence-electron chi connectivity index (χ1n) is 5.11. The second-order valence-electron chi connectivity index (χ2n) is 3.67. The van der Waals surface area contributed by atoms with Crippen LogP contribution in [0.15, 0.2) is 44.7 Å². The Morgan fingerprint density at radius 2 is 1.89 bits per heavy atom. The van der Waals surface area contributed by atoms with Crippen LogP contribution >= 0.6 is 15.9 Å². The van der Waals surface area contributed by atoms with Crippen LogP contribution in [-0.4, -0.2) is 19.5 Å². The van der Waals surface area contributed by atoms with Gasteiger partial charge in [0, 0.05) is 4.47 Å². The highest BCUT2D eigenvalue weighted by atomic mass is 79.9. The van der Waals surface area contributed by atoms with E-state index in [-0.39, 0.29) is 16.7 Å². The lowest BCUT2D eigenvalue weighted by Crippen LogP contribution is -2.18. The van der Waals surface area contributed by atoms with E-state index in [1.165, 1.54) is 10.9 Å². The Bertz CT molecular complexity index is 829. The fraction of sp³-hybridized carbons (Fsp3) is 0. The highest BCUT2D eigenvalue weighted by molar-refractivity contribution is 9.10. The maximum absolute atomic E-state index is 11.9. The number of rotatable bonds is 1. The lowest BCUT2D eigenvalue weighted by molar-refractivity contribution is 1.01. The molecule has 2 N–H and O–H groups in total. The van der Waals surface area contributed by atoms with Gasteiger partial charge in [0.05, 0.1) is 12.0 Å². The summed E-state index contributed by atoms with van der Waals surface area (Å²) in [5.41, 5.74) is 0.335. The highest BCUT2D eigenvalue weighted by Gasteiger charge is 2.12. The molecule has 3 aromatic rings. The topological polar surface area (TPSA) is 83.5 Å². The third-order valence-corrected chi connectivity index (χ3v) is 3.09. The molecule has 6 nitrogen and oxygen atoms in total. The normalized spacial score (nSPS) is 10.9. The van der Waals surface area contributed by atoms with Crippen molar-refractivity contribution >= 4 is 27.1 Å². The number of nitrogens with one attached hydrogen (secondary N) is 2. The molecular formula is C11H7BrN4O2. The summed E-state index contributed by atoms with van der Waals surface area (Å²) in [5.74, 6) is 0. The Morgan fingerprint density at radius 3 is 2.61 bits per heavy atom. The Morgan fingerprint density at radius 1 is 1.17 bits per heavy atom. The van der Waals surface area contributed by atoms with Gasteiger partial charge >= 0.3 is 5.69 Å². The zero-order valence-corrected chi connectivity index (χ0v) is 10.6. The second kappa shape index (κ2) is 3.95. The summed E-state index contributed by atoms with van der Waals surface area (Å²) in [7, 11) is 0. The summed E-state index contributed by atoms with van der Waals surface area (Å²) in [5, 5.41) is 0. The molecule has 0 atom stereocenters. The lowest BCUT2D eigenvalue weighted by Gasteiger charge is -2.01. The van der Waals surface area contributed by atoms with Crippen LogP contribution in [0.2, 0.25) is 0 Å². The first kappa shape index (κ1) is 11.0. The maximum Gasteiger partial charge on any atom is 0.332 e. The Balaban J connectivity index is 2.42. The smallest absolute Gasteiger partial charge is 0.311 e. The Labute approximate surface area is 108 Å². The van der Waals surface area contributed by atoms with Crippen molar-refractivity contribution < 1.29 is 0 Å². The summed E-state index contributed by atoms with van der Waals surface area (Å²) < 4.78 is 2.19. The molecule has 0 unspecified atom stereocenters. The number of H-pyrrole nitrogens is 2. The molecule has 0 amide bonds. The molecule has 0 spiro atoms. The van der Waals surface area contributed by atoms with E-state index >= 15 is 0 Å². The predicted octanol–water partition coefficient (Wildman–Crippen LogP) is 1.16. The van der Waals surface area contributed by atoms with E-state index in [9.17, 15) is 9.59 Å². The van der Waals surface area contributed by atoms with Crippen molar-refractivity contribution in [3.05, 3.63) is 55.9 Å². The van der Waals surface area contributed by atoms with Crippen LogP contribution in [0.4, 0.5) is 0 Å². The third kappa shape index (κ3) is 1.60. The summed E-state index contributed by atoms with van der Waals surface area (Å²) in [6, 6.07) is 7.08. The van der Waals surface area contributed by atoms with Crippen molar-refractivity contribution in [3.8, 4) is 5.69 Å². The zero-order valence-electron chi connectivity index (χ0n) is 8.98. The molecule has 0 fully saturated rings. The summed E-state index contributed by atoms with van der Waals surface area (Å²) in [6.45, 7) is 0. The van der Waals surface area contributed by atoms with E-state index in [1.54, 1.807) is 24.3 Å². The standard InChI is InChI=1S/C11H7BrN4O2/c12-6-1-3-7(4-2-6)16-8-9(15-11(16)18)13-5-14-10(8)17/h1-5H,(H2,13,14,15,17,18). The van der Waals surface area contributed by atoms with Gasteiger partial charge in [-0.2, -0.15) is 0 Å². The maximum atomic E-state index is 11.9. The number of hydrogen-bond acceptors (Lipinski definition) is 3. The van der Waals surface area contributed by atoms with Crippen molar-refractivity contribution in [1.82, 2.24) is 19.5 Å². The van der Waals surface area contributed by atoms with Crippen molar-refractivity contribution in [2.75, 3.05) is 0 Å². The van der Waals surface area contributed by atoms with E-state index < -0.39 is 5.69 Å². The zero-order chi connectivity index (χ0) is 12.7. The minimum absolute atomic E-state index is 0.213. The summed E-state index contributed by atoms with van der Waals surface area (Å²) in [4.78, 5) is 32.6. The minimum atomic E-state index is -0.392. The Hall–Kier alpha value is -2.15. The number of aromatic amines is 2. The molecule has 18 heavy (non-hydrogen) atoms. The minimum Gasteiger partial charge on any atom is -0.311 e. The van der Waals surface area contributed by atoms with Gasteiger partial charge in [0.15, 0.2) is 11.2 Å². The second-order valence-corrected chi connectivity index (χ2v) is 4.59. The van der Waals surface area contributed by atoms with Gasteiger partial charge in [0.1, 0.15) is 0 Å². The molecule has 3 rings (SSSR count). The van der Waals surface area contributed by atoms with Gasteiger partial charge in [-0.05, 0) is 24.3 Å². The Kier molecular flexibility index (Phi) is 2.41. The van der Waals surface area contributed by atoms with Crippen LogP contribution in [0.5, 0.6) is 0 Å². The first-order chi connectivity index (χ1) is 8.66. The summed E-state index contributed by atoms with van der Waals surface area (Å²) in [6.07, 6.45) is 1.26. The molecule has 0 bridgehead atoms. The molecule has 1 aromatic carbocycles. The van der Waals surface area contributed by atoms with Crippen molar-refractivity contribution in [3.63, 3.8) is 0 Å². The number of aromatic nitrogens is 4. The molecule has 7 heteroatoms. The number of halogens is 1. The van der Waals surface area contributed by atoms with Crippen molar-refractivity contribution in [1.29, 1.82) is 0 Å². The number of benzene rings is 1. The molecule has 0 saturated carbocycles. The van der Waals surface area contributed by atoms with Gasteiger partial charge in [-0.25, -0.2) is 9.78 Å². The molecule has 2 heterocycles. The van der Waals surface area contributed by atoms with E-state index in [1.807, 2.05) is 0 Å². The van der Waals surface area contributed by atoms with Gasteiger partial charge < -0.3 is 4.98 Å². The number of imidazole rings is 1. The fourth-order valence-electron chi connectivity index (χ4n) is 1.79. The molecule has 0 aliphatic rings. The van der Waals surface area contributed by atoms with Crippen LogP contribution in [0, 0.1) is 0 Å². The highest BCUT2D eigenvalue weighted by Crippen LogP contribution is 2.14. The average molecular weight is 307 g/mol.